The molecule has 5 atom stereocenters. The number of carbonyl (C=O) groups excluding carboxylic acids is 1. The summed E-state index contributed by atoms with van der Waals surface area (Å²) in [7, 11) is 0. The molecular weight excluding hydrogens is 372 g/mol. The zero-order chi connectivity index (χ0) is 20.1. The van der Waals surface area contributed by atoms with E-state index in [4.69, 9.17) is 15.6 Å². The first-order valence-corrected chi connectivity index (χ1v) is 10.9. The third-order valence-corrected chi connectivity index (χ3v) is 5.87. The lowest BCUT2D eigenvalue weighted by Gasteiger charge is -2.39. The quantitative estimate of drug-likeness (QED) is 0.215. The van der Waals surface area contributed by atoms with Crippen molar-refractivity contribution in [1.82, 2.24) is 5.32 Å². The number of carbonyl (C=O) groups is 1. The molecule has 1 saturated heterocycles. The molecule has 0 unspecified atom stereocenters. The summed E-state index contributed by atoms with van der Waals surface area (Å²) in [6.45, 7) is 0.965. The number of hydrogen-bond donors (Lipinski definition) is 6. The summed E-state index contributed by atoms with van der Waals surface area (Å²) in [5, 5.41) is 41.5. The summed E-state index contributed by atoms with van der Waals surface area (Å²) < 4.78 is 5.45. The van der Waals surface area contributed by atoms with Crippen LogP contribution in [0.1, 0.15) is 51.4 Å². The number of unbranched alkanes of at least 4 members (excludes halogenated alkanes) is 5. The third kappa shape index (κ3) is 9.56. The van der Waals surface area contributed by atoms with Gasteiger partial charge >= 0.3 is 0 Å². The number of rotatable bonds is 14. The number of nitrogens with one attached hydrogen (secondary N) is 1. The van der Waals surface area contributed by atoms with Crippen molar-refractivity contribution in [2.75, 3.05) is 25.4 Å². The van der Waals surface area contributed by atoms with Gasteiger partial charge in [0.05, 0.1) is 6.61 Å². The summed E-state index contributed by atoms with van der Waals surface area (Å²) in [5.74, 6) is 0.848. The largest absolute Gasteiger partial charge is 0.394 e. The van der Waals surface area contributed by atoms with Gasteiger partial charge in [0.1, 0.15) is 29.9 Å². The fourth-order valence-corrected chi connectivity index (χ4v) is 4.09. The van der Waals surface area contributed by atoms with Crippen molar-refractivity contribution in [2.45, 2.75) is 81.2 Å². The molecule has 7 N–H and O–H groups in total. The maximum Gasteiger partial charge on any atom is 0.219 e. The van der Waals surface area contributed by atoms with E-state index < -0.39 is 36.5 Å². The molecule has 0 aliphatic carbocycles. The van der Waals surface area contributed by atoms with Gasteiger partial charge in [-0.05, 0) is 38.0 Å². The van der Waals surface area contributed by atoms with Gasteiger partial charge in [0.2, 0.25) is 5.91 Å². The van der Waals surface area contributed by atoms with Crippen LogP contribution in [0.2, 0.25) is 0 Å². The number of aliphatic hydroxyl groups is 4. The molecule has 1 fully saturated rings. The fraction of sp³-hybridized carbons (Fsp3) is 0.944. The highest BCUT2D eigenvalue weighted by molar-refractivity contribution is 7.99. The molecule has 0 saturated carbocycles. The fourth-order valence-electron chi connectivity index (χ4n) is 2.91. The zero-order valence-corrected chi connectivity index (χ0v) is 16.8. The summed E-state index contributed by atoms with van der Waals surface area (Å²) in [6.07, 6.45) is 2.63. The average Bonchev–Trinajstić information content (AvgIpc) is 2.67. The van der Waals surface area contributed by atoms with E-state index in [1.54, 1.807) is 0 Å². The lowest BCUT2D eigenvalue weighted by molar-refractivity contribution is -0.205. The van der Waals surface area contributed by atoms with Crippen LogP contribution in [-0.2, 0) is 9.53 Å². The Labute approximate surface area is 165 Å². The van der Waals surface area contributed by atoms with Crippen molar-refractivity contribution in [3.8, 4) is 0 Å². The van der Waals surface area contributed by atoms with Crippen LogP contribution in [0, 0.1) is 0 Å². The minimum atomic E-state index is -1.31. The smallest absolute Gasteiger partial charge is 0.219 e. The van der Waals surface area contributed by atoms with E-state index in [1.807, 2.05) is 0 Å². The van der Waals surface area contributed by atoms with E-state index in [9.17, 15) is 20.1 Å². The third-order valence-electron chi connectivity index (χ3n) is 4.63. The van der Waals surface area contributed by atoms with Gasteiger partial charge in [0, 0.05) is 13.0 Å². The van der Waals surface area contributed by atoms with Gasteiger partial charge in [-0.3, -0.25) is 4.79 Å². The van der Waals surface area contributed by atoms with E-state index in [0.29, 0.717) is 19.5 Å². The van der Waals surface area contributed by atoms with Crippen LogP contribution in [0.5, 0.6) is 0 Å². The molecule has 0 aromatic carbocycles. The van der Waals surface area contributed by atoms with Gasteiger partial charge in [-0.25, -0.2) is 0 Å². The topological polar surface area (TPSA) is 145 Å². The number of hydrogen-bond acceptors (Lipinski definition) is 8. The van der Waals surface area contributed by atoms with E-state index in [-0.39, 0.29) is 5.91 Å². The molecule has 27 heavy (non-hydrogen) atoms. The van der Waals surface area contributed by atoms with Crippen molar-refractivity contribution < 1.29 is 30.0 Å². The van der Waals surface area contributed by atoms with Crippen molar-refractivity contribution in [2.24, 2.45) is 5.73 Å². The predicted octanol–water partition coefficient (Wildman–Crippen LogP) is -0.285. The van der Waals surface area contributed by atoms with Gasteiger partial charge in [-0.15, -0.1) is 11.8 Å². The van der Waals surface area contributed by atoms with Gasteiger partial charge in [0.25, 0.3) is 0 Å². The maximum absolute atomic E-state index is 11.6. The summed E-state index contributed by atoms with van der Waals surface area (Å²) >= 11 is 1.38. The molecule has 0 spiro atoms. The molecule has 1 amide bonds. The number of ether oxygens (including phenoxy) is 1. The molecule has 9 heteroatoms. The molecule has 1 rings (SSSR count). The lowest BCUT2D eigenvalue weighted by Crippen LogP contribution is -2.57. The predicted molar refractivity (Wildman–Crippen MR) is 105 cm³/mol. The Morgan fingerprint density at radius 3 is 2.37 bits per heavy atom. The van der Waals surface area contributed by atoms with Crippen LogP contribution in [0.25, 0.3) is 0 Å². The molecule has 0 aromatic rings. The Morgan fingerprint density at radius 1 is 0.963 bits per heavy atom. The average molecular weight is 409 g/mol. The highest BCUT2D eigenvalue weighted by Crippen LogP contribution is 2.29. The van der Waals surface area contributed by atoms with E-state index in [2.05, 4.69) is 5.32 Å². The highest BCUT2D eigenvalue weighted by Gasteiger charge is 2.43. The monoisotopic (exact) mass is 408 g/mol. The summed E-state index contributed by atoms with van der Waals surface area (Å²) in [6, 6.07) is 0. The minimum absolute atomic E-state index is 0.102. The maximum atomic E-state index is 11.6. The van der Waals surface area contributed by atoms with Crippen LogP contribution in [-0.4, -0.2) is 81.6 Å². The standard InChI is InChI=1S/C18H36N2O6S/c19-9-5-3-4-8-14(22)20-10-6-1-2-7-11-27-18-17(25)16(24)15(23)13(12-21)26-18/h13,15-18,21,23-25H,1-12,19H2,(H,20,22)/t13-,15-,16+,17+,18-/m1/s1. The van der Waals surface area contributed by atoms with E-state index >= 15 is 0 Å². The first-order valence-electron chi connectivity index (χ1n) is 9.90. The molecule has 8 nitrogen and oxygen atoms in total. The minimum Gasteiger partial charge on any atom is -0.394 e. The Morgan fingerprint density at radius 2 is 1.67 bits per heavy atom. The Hall–Kier alpha value is -0.420. The Kier molecular flexibility index (Phi) is 13.3. The van der Waals surface area contributed by atoms with Crippen molar-refractivity contribution in [3.05, 3.63) is 0 Å². The molecule has 1 heterocycles. The molecule has 160 valence electrons. The van der Waals surface area contributed by atoms with Crippen molar-refractivity contribution >= 4 is 17.7 Å². The highest BCUT2D eigenvalue weighted by atomic mass is 32.2. The van der Waals surface area contributed by atoms with Gasteiger partial charge in [-0.1, -0.05) is 19.3 Å². The zero-order valence-electron chi connectivity index (χ0n) is 16.0. The summed E-state index contributed by atoms with van der Waals surface area (Å²) in [5.41, 5.74) is 4.76. The number of thioether (sulfide) groups is 1. The van der Waals surface area contributed by atoms with Crippen LogP contribution in [0.15, 0.2) is 0 Å². The van der Waals surface area contributed by atoms with E-state index in [0.717, 1.165) is 50.7 Å². The second kappa shape index (κ2) is 14.6. The van der Waals surface area contributed by atoms with Crippen LogP contribution in [0.4, 0.5) is 0 Å². The first-order chi connectivity index (χ1) is 13.0. The van der Waals surface area contributed by atoms with Crippen LogP contribution in [0.3, 0.4) is 0 Å². The van der Waals surface area contributed by atoms with Crippen LogP contribution >= 0.6 is 11.8 Å². The Bertz CT molecular complexity index is 402. The van der Waals surface area contributed by atoms with Gasteiger partial charge in [-0.2, -0.15) is 0 Å². The van der Waals surface area contributed by atoms with Crippen molar-refractivity contribution in [3.63, 3.8) is 0 Å². The SMILES string of the molecule is NCCCCCC(=O)NCCCCCCS[C@H]1O[C@H](CO)[C@@H](O)[C@H](O)[C@@H]1O. The second-order valence-corrected chi connectivity index (χ2v) is 8.14. The summed E-state index contributed by atoms with van der Waals surface area (Å²) in [4.78, 5) is 11.6. The molecule has 0 bridgehead atoms. The Balaban J connectivity index is 2.01. The number of aliphatic hydroxyl groups excluding tert-OH is 4. The molecule has 0 aromatic heterocycles. The van der Waals surface area contributed by atoms with Crippen LogP contribution < -0.4 is 11.1 Å². The van der Waals surface area contributed by atoms with Crippen molar-refractivity contribution in [1.29, 1.82) is 0 Å². The first kappa shape index (κ1) is 24.6. The van der Waals surface area contributed by atoms with Gasteiger partial charge in [0.15, 0.2) is 0 Å². The molecule has 1 aliphatic rings. The lowest BCUT2D eigenvalue weighted by atomic mass is 10.0. The molecule has 0 radical (unpaired) electrons. The number of amides is 1. The van der Waals surface area contributed by atoms with Gasteiger partial charge < -0.3 is 36.2 Å². The molecule has 1 aliphatic heterocycles. The second-order valence-electron chi connectivity index (χ2n) is 6.93. The van der Waals surface area contributed by atoms with E-state index in [1.165, 1.54) is 11.8 Å². The normalized spacial score (nSPS) is 28.3. The molecular formula is C18H36N2O6S. The number of nitrogens with two attached hydrogens (primary N) is 1.